The van der Waals surface area contributed by atoms with E-state index in [4.69, 9.17) is 0 Å². The predicted molar refractivity (Wildman–Crippen MR) is 101 cm³/mol. The summed E-state index contributed by atoms with van der Waals surface area (Å²) in [7, 11) is 0. The highest BCUT2D eigenvalue weighted by atomic mass is 16.1. The summed E-state index contributed by atoms with van der Waals surface area (Å²) in [5.74, 6) is 0.698. The molecule has 0 bridgehead atoms. The lowest BCUT2D eigenvalue weighted by atomic mass is 9.98. The third-order valence-electron chi connectivity index (χ3n) is 5.52. The van der Waals surface area contributed by atoms with E-state index in [1.807, 2.05) is 13.8 Å². The quantitative estimate of drug-likeness (QED) is 0.855. The molecule has 0 unspecified atom stereocenters. The second-order valence-electron chi connectivity index (χ2n) is 7.87. The Morgan fingerprint density at radius 3 is 2.69 bits per heavy atom. The number of hydrogen-bond donors (Lipinski definition) is 1. The number of nitrogens with one attached hydrogen (secondary N) is 1. The molecule has 1 saturated heterocycles. The van der Waals surface area contributed by atoms with Crippen molar-refractivity contribution in [1.29, 1.82) is 0 Å². The van der Waals surface area contributed by atoms with Gasteiger partial charge in [-0.2, -0.15) is 10.1 Å². The van der Waals surface area contributed by atoms with Crippen LogP contribution in [0.1, 0.15) is 56.5 Å². The van der Waals surface area contributed by atoms with Crippen LogP contribution in [0.4, 0.5) is 0 Å². The Kier molecular flexibility index (Phi) is 5.55. The lowest BCUT2D eigenvalue weighted by molar-refractivity contribution is -0.121. The minimum Gasteiger partial charge on any atom is -0.354 e. The van der Waals surface area contributed by atoms with Crippen LogP contribution in [-0.2, 0) is 11.2 Å². The fraction of sp³-hybridized carbons (Fsp3) is 0.684. The van der Waals surface area contributed by atoms with Crippen LogP contribution in [-0.4, -0.2) is 55.6 Å². The molecule has 1 aliphatic heterocycles. The molecule has 2 aromatic heterocycles. The first-order valence-electron chi connectivity index (χ1n) is 9.56. The van der Waals surface area contributed by atoms with Gasteiger partial charge in [-0.3, -0.25) is 9.69 Å². The van der Waals surface area contributed by atoms with Crippen LogP contribution in [0.3, 0.4) is 0 Å². The molecule has 0 aliphatic carbocycles. The standard InChI is InChI=1S/C19H30N6O/c1-14-16(15(2)25-18(23-14)21-13-22-25)8-9-17(26)20-12-19(3,4)24-10-6-5-7-11-24/h13H,5-12H2,1-4H3,(H,20,26). The summed E-state index contributed by atoms with van der Waals surface area (Å²) in [5.41, 5.74) is 3.01. The highest BCUT2D eigenvalue weighted by Crippen LogP contribution is 2.20. The van der Waals surface area contributed by atoms with E-state index in [9.17, 15) is 4.79 Å². The van der Waals surface area contributed by atoms with Crippen molar-refractivity contribution in [2.24, 2.45) is 0 Å². The van der Waals surface area contributed by atoms with Crippen LogP contribution in [0, 0.1) is 13.8 Å². The summed E-state index contributed by atoms with van der Waals surface area (Å²) >= 11 is 0. The summed E-state index contributed by atoms with van der Waals surface area (Å²) in [6, 6.07) is 0. The van der Waals surface area contributed by atoms with Crippen molar-refractivity contribution in [3.8, 4) is 0 Å². The largest absolute Gasteiger partial charge is 0.354 e. The Labute approximate surface area is 155 Å². The molecule has 1 amide bonds. The van der Waals surface area contributed by atoms with Crippen molar-refractivity contribution in [3.05, 3.63) is 23.3 Å². The van der Waals surface area contributed by atoms with Gasteiger partial charge in [0.05, 0.1) is 0 Å². The van der Waals surface area contributed by atoms with E-state index in [1.165, 1.54) is 25.6 Å². The fourth-order valence-corrected chi connectivity index (χ4v) is 3.77. The van der Waals surface area contributed by atoms with Crippen LogP contribution in [0.25, 0.3) is 5.78 Å². The predicted octanol–water partition coefficient (Wildman–Crippen LogP) is 2.05. The molecule has 0 atom stereocenters. The zero-order valence-corrected chi connectivity index (χ0v) is 16.4. The first-order chi connectivity index (χ1) is 12.4. The van der Waals surface area contributed by atoms with Crippen LogP contribution >= 0.6 is 0 Å². The maximum absolute atomic E-state index is 12.4. The third kappa shape index (κ3) is 4.03. The second kappa shape index (κ2) is 7.70. The van der Waals surface area contributed by atoms with E-state index in [-0.39, 0.29) is 11.4 Å². The number of fused-ring (bicyclic) bond motifs is 1. The van der Waals surface area contributed by atoms with Crippen LogP contribution in [0.15, 0.2) is 6.33 Å². The fourth-order valence-electron chi connectivity index (χ4n) is 3.77. The molecule has 0 saturated carbocycles. The van der Waals surface area contributed by atoms with Gasteiger partial charge in [-0.05, 0) is 65.6 Å². The number of likely N-dealkylation sites (tertiary alicyclic amines) is 1. The van der Waals surface area contributed by atoms with Gasteiger partial charge >= 0.3 is 0 Å². The SMILES string of the molecule is Cc1nc2ncnn2c(C)c1CCC(=O)NCC(C)(C)N1CCCCC1. The molecule has 0 aromatic carbocycles. The molecule has 3 rings (SSSR count). The van der Waals surface area contributed by atoms with Gasteiger partial charge in [0.1, 0.15) is 6.33 Å². The van der Waals surface area contributed by atoms with E-state index >= 15 is 0 Å². The Morgan fingerprint density at radius 1 is 1.23 bits per heavy atom. The molecular formula is C19H30N6O. The van der Waals surface area contributed by atoms with Gasteiger partial charge in [0.25, 0.3) is 5.78 Å². The monoisotopic (exact) mass is 358 g/mol. The Bertz CT molecular complexity index is 776. The van der Waals surface area contributed by atoms with Gasteiger partial charge in [-0.25, -0.2) is 9.50 Å². The summed E-state index contributed by atoms with van der Waals surface area (Å²) in [4.78, 5) is 23.5. The molecule has 26 heavy (non-hydrogen) atoms. The highest BCUT2D eigenvalue weighted by Gasteiger charge is 2.28. The van der Waals surface area contributed by atoms with Crippen LogP contribution < -0.4 is 5.32 Å². The minimum absolute atomic E-state index is 0.00308. The van der Waals surface area contributed by atoms with Crippen molar-refractivity contribution in [3.63, 3.8) is 0 Å². The maximum Gasteiger partial charge on any atom is 0.252 e. The molecule has 0 spiro atoms. The Hall–Kier alpha value is -2.02. The zero-order valence-electron chi connectivity index (χ0n) is 16.4. The van der Waals surface area contributed by atoms with Crippen LogP contribution in [0.2, 0.25) is 0 Å². The molecule has 2 aromatic rings. The normalized spacial score (nSPS) is 16.2. The van der Waals surface area contributed by atoms with Gasteiger partial charge in [0.2, 0.25) is 5.91 Å². The highest BCUT2D eigenvalue weighted by molar-refractivity contribution is 5.76. The first-order valence-corrected chi connectivity index (χ1v) is 9.56. The third-order valence-corrected chi connectivity index (χ3v) is 5.52. The van der Waals surface area contributed by atoms with Gasteiger partial charge in [-0.15, -0.1) is 0 Å². The Morgan fingerprint density at radius 2 is 1.96 bits per heavy atom. The van der Waals surface area contributed by atoms with Gasteiger partial charge < -0.3 is 5.32 Å². The summed E-state index contributed by atoms with van der Waals surface area (Å²) < 4.78 is 1.74. The van der Waals surface area contributed by atoms with E-state index in [2.05, 4.69) is 39.1 Å². The minimum atomic E-state index is 0.00308. The number of nitrogens with zero attached hydrogens (tertiary/aromatic N) is 5. The van der Waals surface area contributed by atoms with Gasteiger partial charge in [0, 0.05) is 29.9 Å². The van der Waals surface area contributed by atoms with Crippen molar-refractivity contribution >= 4 is 11.7 Å². The number of carbonyl (C=O) groups excluding carboxylic acids is 1. The zero-order chi connectivity index (χ0) is 18.7. The number of carbonyl (C=O) groups is 1. The average Bonchev–Trinajstić information content (AvgIpc) is 3.09. The van der Waals surface area contributed by atoms with Gasteiger partial charge in [0.15, 0.2) is 0 Å². The second-order valence-corrected chi connectivity index (χ2v) is 7.87. The molecule has 142 valence electrons. The van der Waals surface area contributed by atoms with Crippen molar-refractivity contribution in [2.75, 3.05) is 19.6 Å². The number of hydrogen-bond acceptors (Lipinski definition) is 5. The first kappa shape index (κ1) is 18.8. The van der Waals surface area contributed by atoms with E-state index in [0.717, 1.165) is 30.0 Å². The van der Waals surface area contributed by atoms with E-state index < -0.39 is 0 Å². The van der Waals surface area contributed by atoms with Crippen LogP contribution in [0.5, 0.6) is 0 Å². The molecule has 1 N–H and O–H groups in total. The van der Waals surface area contributed by atoms with Gasteiger partial charge in [-0.1, -0.05) is 6.42 Å². The smallest absolute Gasteiger partial charge is 0.252 e. The summed E-state index contributed by atoms with van der Waals surface area (Å²) in [6.45, 7) is 11.3. The molecule has 3 heterocycles. The molecular weight excluding hydrogens is 328 g/mol. The summed E-state index contributed by atoms with van der Waals surface area (Å²) in [6.07, 6.45) is 6.47. The molecule has 1 aliphatic rings. The van der Waals surface area contributed by atoms with Crippen molar-refractivity contribution < 1.29 is 4.79 Å². The number of aryl methyl sites for hydroxylation is 2. The topological polar surface area (TPSA) is 75.4 Å². The van der Waals surface area contributed by atoms with Crippen molar-refractivity contribution in [1.82, 2.24) is 29.8 Å². The number of piperidine rings is 1. The maximum atomic E-state index is 12.4. The molecule has 7 nitrogen and oxygen atoms in total. The lowest BCUT2D eigenvalue weighted by Gasteiger charge is -2.41. The lowest BCUT2D eigenvalue weighted by Crippen LogP contribution is -2.53. The van der Waals surface area contributed by atoms with E-state index in [0.29, 0.717) is 25.2 Å². The summed E-state index contributed by atoms with van der Waals surface area (Å²) in [5, 5.41) is 7.33. The number of rotatable bonds is 6. The van der Waals surface area contributed by atoms with E-state index in [1.54, 1.807) is 4.52 Å². The molecule has 0 radical (unpaired) electrons. The molecule has 1 fully saturated rings. The van der Waals surface area contributed by atoms with Crippen molar-refractivity contribution in [2.45, 2.75) is 65.3 Å². The average molecular weight is 358 g/mol. The molecule has 7 heteroatoms. The Balaban J connectivity index is 1.56. The number of amides is 1. The number of aromatic nitrogens is 4.